The molecular weight excluding hydrogens is 493 g/mol. The molecule has 3 aromatic rings. The Labute approximate surface area is 212 Å². The summed E-state index contributed by atoms with van der Waals surface area (Å²) in [4.78, 5) is 31.7. The van der Waals surface area contributed by atoms with Crippen LogP contribution in [0.15, 0.2) is 42.6 Å². The van der Waals surface area contributed by atoms with Gasteiger partial charge in [0, 0.05) is 36.3 Å². The van der Waals surface area contributed by atoms with Crippen LogP contribution in [0, 0.1) is 5.41 Å². The number of aliphatic hydroxyl groups excluding tert-OH is 1. The number of nitrogens with one attached hydrogen (secondary N) is 2. The number of halogens is 2. The van der Waals surface area contributed by atoms with Gasteiger partial charge in [-0.25, -0.2) is 4.98 Å². The molecule has 1 saturated heterocycles. The molecule has 0 spiro atoms. The first-order chi connectivity index (χ1) is 16.8. The largest absolute Gasteiger partial charge is 0.481 e. The van der Waals surface area contributed by atoms with Gasteiger partial charge < -0.3 is 20.1 Å². The third-order valence-corrected chi connectivity index (χ3v) is 6.79. The normalized spacial score (nSPS) is 15.0. The Morgan fingerprint density at radius 1 is 1.23 bits per heavy atom. The molecule has 1 aliphatic rings. The Bertz CT molecular complexity index is 1220. The van der Waals surface area contributed by atoms with Gasteiger partial charge in [-0.3, -0.25) is 14.7 Å². The van der Waals surface area contributed by atoms with Crippen molar-refractivity contribution in [1.82, 2.24) is 25.4 Å². The molecule has 0 unspecified atom stereocenters. The van der Waals surface area contributed by atoms with E-state index < -0.39 is 5.41 Å². The fourth-order valence-electron chi connectivity index (χ4n) is 4.08. The first kappa shape index (κ1) is 25.0. The number of aromatic amines is 1. The second-order valence-corrected chi connectivity index (χ2v) is 9.26. The zero-order valence-corrected chi connectivity index (χ0v) is 20.6. The fraction of sp³-hybridized carbons (Fsp3) is 0.333. The van der Waals surface area contributed by atoms with E-state index >= 15 is 0 Å². The number of carbonyl (C=O) groups is 2. The van der Waals surface area contributed by atoms with E-state index in [0.717, 1.165) is 5.56 Å². The Morgan fingerprint density at radius 3 is 2.69 bits per heavy atom. The summed E-state index contributed by atoms with van der Waals surface area (Å²) in [6, 6.07) is 10.5. The Balaban J connectivity index is 1.39. The predicted octanol–water partition coefficient (Wildman–Crippen LogP) is 3.32. The van der Waals surface area contributed by atoms with Crippen LogP contribution in [-0.2, 0) is 11.3 Å². The maximum Gasteiger partial charge on any atom is 0.271 e. The van der Waals surface area contributed by atoms with E-state index in [2.05, 4.69) is 20.5 Å². The Kier molecular flexibility index (Phi) is 7.59. The number of methoxy groups -OCH3 is 1. The van der Waals surface area contributed by atoms with Gasteiger partial charge in [0.1, 0.15) is 5.69 Å². The van der Waals surface area contributed by atoms with Crippen LogP contribution in [0.25, 0.3) is 11.3 Å². The van der Waals surface area contributed by atoms with E-state index in [-0.39, 0.29) is 18.4 Å². The molecule has 0 bridgehead atoms. The summed E-state index contributed by atoms with van der Waals surface area (Å²) in [6.07, 6.45) is 2.14. The van der Waals surface area contributed by atoms with E-state index in [4.69, 9.17) is 27.9 Å². The van der Waals surface area contributed by atoms with Gasteiger partial charge in [0.15, 0.2) is 0 Å². The molecule has 4 rings (SSSR count). The summed E-state index contributed by atoms with van der Waals surface area (Å²) in [5, 5.41) is 20.9. The van der Waals surface area contributed by atoms with Crippen molar-refractivity contribution in [3.8, 4) is 17.1 Å². The van der Waals surface area contributed by atoms with Crippen molar-refractivity contribution in [2.24, 2.45) is 5.41 Å². The number of hydrogen-bond acceptors (Lipinski definition) is 6. The van der Waals surface area contributed by atoms with Crippen molar-refractivity contribution in [3.05, 3.63) is 63.9 Å². The van der Waals surface area contributed by atoms with Gasteiger partial charge in [-0.15, -0.1) is 0 Å². The number of H-pyrrole nitrogens is 1. The smallest absolute Gasteiger partial charge is 0.271 e. The van der Waals surface area contributed by atoms with Crippen molar-refractivity contribution < 1.29 is 19.4 Å². The zero-order chi connectivity index (χ0) is 25.0. The predicted molar refractivity (Wildman–Crippen MR) is 131 cm³/mol. The number of aliphatic hydroxyl groups is 1. The van der Waals surface area contributed by atoms with Crippen LogP contribution in [0.1, 0.15) is 28.9 Å². The van der Waals surface area contributed by atoms with E-state index in [0.29, 0.717) is 65.4 Å². The molecule has 1 aromatic carbocycles. The molecule has 0 radical (unpaired) electrons. The number of rotatable bonds is 7. The highest BCUT2D eigenvalue weighted by Gasteiger charge is 2.42. The fourth-order valence-corrected chi connectivity index (χ4v) is 4.49. The van der Waals surface area contributed by atoms with Crippen molar-refractivity contribution in [3.63, 3.8) is 0 Å². The van der Waals surface area contributed by atoms with Crippen LogP contribution in [0.5, 0.6) is 5.88 Å². The molecule has 11 heteroatoms. The summed E-state index contributed by atoms with van der Waals surface area (Å²) >= 11 is 12.2. The van der Waals surface area contributed by atoms with E-state index in [1.807, 2.05) is 12.1 Å². The summed E-state index contributed by atoms with van der Waals surface area (Å²) in [6.45, 7) is 0.653. The van der Waals surface area contributed by atoms with E-state index in [1.54, 1.807) is 29.2 Å². The number of benzene rings is 1. The van der Waals surface area contributed by atoms with E-state index in [9.17, 15) is 14.7 Å². The first-order valence-electron chi connectivity index (χ1n) is 11.0. The number of pyridine rings is 1. The van der Waals surface area contributed by atoms with Crippen molar-refractivity contribution in [1.29, 1.82) is 0 Å². The quantitative estimate of drug-likeness (QED) is 0.442. The number of nitrogens with zero attached hydrogens (tertiary/aromatic N) is 3. The van der Waals surface area contributed by atoms with Crippen LogP contribution in [0.3, 0.4) is 0 Å². The van der Waals surface area contributed by atoms with Gasteiger partial charge in [0.25, 0.3) is 5.91 Å². The lowest BCUT2D eigenvalue weighted by atomic mass is 9.78. The van der Waals surface area contributed by atoms with Gasteiger partial charge in [0.05, 0.1) is 36.0 Å². The van der Waals surface area contributed by atoms with Gasteiger partial charge in [-0.2, -0.15) is 5.10 Å². The lowest BCUT2D eigenvalue weighted by Crippen LogP contribution is -2.51. The van der Waals surface area contributed by atoms with Crippen LogP contribution in [0.4, 0.5) is 0 Å². The molecule has 1 fully saturated rings. The molecule has 0 saturated carbocycles. The Morgan fingerprint density at radius 2 is 2.00 bits per heavy atom. The average molecular weight is 518 g/mol. The maximum absolute atomic E-state index is 13.1. The first-order valence-corrected chi connectivity index (χ1v) is 11.8. The third-order valence-electron chi connectivity index (χ3n) is 6.26. The van der Waals surface area contributed by atoms with Crippen LogP contribution >= 0.6 is 23.2 Å². The van der Waals surface area contributed by atoms with Gasteiger partial charge in [0.2, 0.25) is 11.8 Å². The molecular formula is C24H25Cl2N5O4. The standard InChI is InChI=1S/C24H25Cl2N5O4/c1-35-21-10-17(18(26)13-27-21)19-11-20(30-29-19)22(33)31-7-5-24(14-32,6-8-31)23(34)28-12-15-3-2-4-16(25)9-15/h2-4,9-11,13,32H,5-8,12,14H2,1H3,(H,28,34)(H,29,30). The number of aromatic nitrogens is 3. The van der Waals surface area contributed by atoms with Crippen LogP contribution in [-0.4, -0.2) is 63.8 Å². The molecule has 3 heterocycles. The number of amides is 2. The third kappa shape index (κ3) is 5.42. The molecule has 3 N–H and O–H groups in total. The minimum atomic E-state index is -0.949. The van der Waals surface area contributed by atoms with Crippen LogP contribution in [0.2, 0.25) is 10.0 Å². The molecule has 9 nitrogen and oxygen atoms in total. The number of hydrogen-bond donors (Lipinski definition) is 3. The number of carbonyl (C=O) groups excluding carboxylic acids is 2. The van der Waals surface area contributed by atoms with Gasteiger partial charge >= 0.3 is 0 Å². The molecule has 2 amide bonds. The van der Waals surface area contributed by atoms with Gasteiger partial charge in [-0.1, -0.05) is 35.3 Å². The Hall–Kier alpha value is -3.14. The lowest BCUT2D eigenvalue weighted by Gasteiger charge is -2.39. The summed E-state index contributed by atoms with van der Waals surface area (Å²) in [5.41, 5.74) is 1.29. The SMILES string of the molecule is COc1cc(-c2cc(C(=O)N3CCC(CO)(C(=O)NCc4cccc(Cl)c4)CC3)[nH]n2)c(Cl)cn1. The minimum absolute atomic E-state index is 0.239. The monoisotopic (exact) mass is 517 g/mol. The van der Waals surface area contributed by atoms with E-state index in [1.165, 1.54) is 13.3 Å². The summed E-state index contributed by atoms with van der Waals surface area (Å²) in [7, 11) is 1.50. The molecule has 35 heavy (non-hydrogen) atoms. The van der Waals surface area contributed by atoms with Crippen molar-refractivity contribution >= 4 is 35.0 Å². The highest BCUT2D eigenvalue weighted by atomic mass is 35.5. The summed E-state index contributed by atoms with van der Waals surface area (Å²) < 4.78 is 5.14. The second-order valence-electron chi connectivity index (χ2n) is 8.42. The lowest BCUT2D eigenvalue weighted by molar-refractivity contribution is -0.136. The summed E-state index contributed by atoms with van der Waals surface area (Å²) in [5.74, 6) is -0.103. The second kappa shape index (κ2) is 10.6. The maximum atomic E-state index is 13.1. The van der Waals surface area contributed by atoms with Gasteiger partial charge in [-0.05, 0) is 36.6 Å². The molecule has 0 atom stereocenters. The molecule has 1 aliphatic heterocycles. The topological polar surface area (TPSA) is 120 Å². The highest BCUT2D eigenvalue weighted by molar-refractivity contribution is 6.33. The van der Waals surface area contributed by atoms with Crippen LogP contribution < -0.4 is 10.1 Å². The zero-order valence-electron chi connectivity index (χ0n) is 19.1. The number of piperidine rings is 1. The minimum Gasteiger partial charge on any atom is -0.481 e. The average Bonchev–Trinajstić information content (AvgIpc) is 3.37. The molecule has 184 valence electrons. The molecule has 2 aromatic heterocycles. The van der Waals surface area contributed by atoms with Crippen molar-refractivity contribution in [2.45, 2.75) is 19.4 Å². The molecule has 0 aliphatic carbocycles. The number of ether oxygens (including phenoxy) is 1. The number of likely N-dealkylation sites (tertiary alicyclic amines) is 1. The van der Waals surface area contributed by atoms with Crippen molar-refractivity contribution in [2.75, 3.05) is 26.8 Å². The highest BCUT2D eigenvalue weighted by Crippen LogP contribution is 2.33.